The summed E-state index contributed by atoms with van der Waals surface area (Å²) in [4.78, 5) is 0. The Morgan fingerprint density at radius 2 is 2.17 bits per heavy atom. The van der Waals surface area contributed by atoms with Crippen molar-refractivity contribution in [3.05, 3.63) is 0 Å². The zero-order valence-electron chi connectivity index (χ0n) is 7.79. The van der Waals surface area contributed by atoms with Crippen LogP contribution in [0.5, 0.6) is 0 Å². The van der Waals surface area contributed by atoms with Gasteiger partial charge in [-0.2, -0.15) is 0 Å². The maximum absolute atomic E-state index is 9.89. The van der Waals surface area contributed by atoms with Gasteiger partial charge in [-0.15, -0.1) is 0 Å². The Labute approximate surface area is 74.4 Å². The molecule has 2 fully saturated rings. The second-order valence-electron chi connectivity index (χ2n) is 4.55. The van der Waals surface area contributed by atoms with E-state index in [1.54, 1.807) is 0 Å². The lowest BCUT2D eigenvalue weighted by Gasteiger charge is -2.20. The Hall–Kier alpha value is -0.0800. The highest BCUT2D eigenvalue weighted by Crippen LogP contribution is 2.36. The quantitative estimate of drug-likeness (QED) is 0.660. The van der Waals surface area contributed by atoms with Gasteiger partial charge in [-0.1, -0.05) is 19.8 Å². The summed E-state index contributed by atoms with van der Waals surface area (Å²) in [6.45, 7) is 4.35. The summed E-state index contributed by atoms with van der Waals surface area (Å²) < 4.78 is 0. The van der Waals surface area contributed by atoms with Crippen molar-refractivity contribution in [2.24, 2.45) is 17.8 Å². The molecule has 2 rings (SSSR count). The highest BCUT2D eigenvalue weighted by Gasteiger charge is 2.33. The van der Waals surface area contributed by atoms with Gasteiger partial charge in [-0.25, -0.2) is 0 Å². The lowest BCUT2D eigenvalue weighted by Crippen LogP contribution is -2.26. The molecule has 2 aliphatic rings. The molecule has 2 nitrogen and oxygen atoms in total. The molecular formula is C10H19NO. The van der Waals surface area contributed by atoms with Gasteiger partial charge in [0.05, 0.1) is 6.10 Å². The molecular weight excluding hydrogens is 150 g/mol. The van der Waals surface area contributed by atoms with Crippen LogP contribution in [-0.2, 0) is 0 Å². The van der Waals surface area contributed by atoms with Crippen molar-refractivity contribution in [1.29, 1.82) is 0 Å². The first kappa shape index (κ1) is 8.52. The Morgan fingerprint density at radius 3 is 2.67 bits per heavy atom. The molecule has 3 unspecified atom stereocenters. The molecule has 1 aliphatic carbocycles. The van der Waals surface area contributed by atoms with E-state index in [9.17, 15) is 5.11 Å². The van der Waals surface area contributed by atoms with Crippen molar-refractivity contribution in [3.8, 4) is 0 Å². The number of hydrogen-bond acceptors (Lipinski definition) is 2. The average Bonchev–Trinajstić information content (AvgIpc) is 2.72. The van der Waals surface area contributed by atoms with Crippen molar-refractivity contribution in [2.45, 2.75) is 32.3 Å². The first-order valence-corrected chi connectivity index (χ1v) is 5.16. The molecule has 0 aromatic carbocycles. The monoisotopic (exact) mass is 169 g/mol. The number of hydrogen-bond donors (Lipinski definition) is 2. The summed E-state index contributed by atoms with van der Waals surface area (Å²) in [7, 11) is 0. The van der Waals surface area contributed by atoms with Gasteiger partial charge in [0, 0.05) is 12.5 Å². The summed E-state index contributed by atoms with van der Waals surface area (Å²) in [5.74, 6) is 2.04. The number of aliphatic hydroxyl groups excluding tert-OH is 1. The van der Waals surface area contributed by atoms with E-state index in [4.69, 9.17) is 0 Å². The summed E-state index contributed by atoms with van der Waals surface area (Å²) >= 11 is 0. The normalized spacial score (nSPS) is 38.5. The van der Waals surface area contributed by atoms with Crippen molar-refractivity contribution in [1.82, 2.24) is 5.32 Å². The van der Waals surface area contributed by atoms with Crippen molar-refractivity contribution >= 4 is 0 Å². The molecule has 3 atom stereocenters. The molecule has 0 radical (unpaired) electrons. The molecule has 70 valence electrons. The Bertz CT molecular complexity index is 156. The lowest BCUT2D eigenvalue weighted by atomic mass is 9.89. The van der Waals surface area contributed by atoms with Gasteiger partial charge >= 0.3 is 0 Å². The minimum atomic E-state index is -0.0394. The maximum Gasteiger partial charge on any atom is 0.0586 e. The fourth-order valence-corrected chi connectivity index (χ4v) is 2.22. The Morgan fingerprint density at radius 1 is 1.42 bits per heavy atom. The largest absolute Gasteiger partial charge is 0.393 e. The molecule has 0 spiro atoms. The zero-order chi connectivity index (χ0) is 8.55. The second kappa shape index (κ2) is 3.35. The summed E-state index contributed by atoms with van der Waals surface area (Å²) in [5.41, 5.74) is 0. The lowest BCUT2D eigenvalue weighted by molar-refractivity contribution is 0.0844. The molecule has 1 heterocycles. The molecule has 0 aromatic rings. The third kappa shape index (κ3) is 1.80. The van der Waals surface area contributed by atoms with Crippen LogP contribution in [0.3, 0.4) is 0 Å². The van der Waals surface area contributed by atoms with E-state index in [0.29, 0.717) is 11.8 Å². The minimum absolute atomic E-state index is 0.0394. The van der Waals surface area contributed by atoms with Crippen LogP contribution in [0.1, 0.15) is 26.2 Å². The molecule has 2 heteroatoms. The van der Waals surface area contributed by atoms with Crippen molar-refractivity contribution < 1.29 is 5.11 Å². The van der Waals surface area contributed by atoms with E-state index in [1.807, 2.05) is 0 Å². The summed E-state index contributed by atoms with van der Waals surface area (Å²) in [5, 5.41) is 13.2. The van der Waals surface area contributed by atoms with Crippen LogP contribution >= 0.6 is 0 Å². The van der Waals surface area contributed by atoms with Crippen LogP contribution < -0.4 is 5.32 Å². The molecule has 1 saturated carbocycles. The second-order valence-corrected chi connectivity index (χ2v) is 4.55. The summed E-state index contributed by atoms with van der Waals surface area (Å²) in [6.07, 6.45) is 3.72. The number of rotatable bonds is 3. The smallest absolute Gasteiger partial charge is 0.0586 e. The van der Waals surface area contributed by atoms with Crippen LogP contribution in [-0.4, -0.2) is 24.3 Å². The molecule has 2 N–H and O–H groups in total. The fraction of sp³-hybridized carbons (Fsp3) is 1.00. The average molecular weight is 169 g/mol. The molecule has 1 saturated heterocycles. The fourth-order valence-electron chi connectivity index (χ4n) is 2.22. The van der Waals surface area contributed by atoms with Crippen LogP contribution in [0, 0.1) is 17.8 Å². The number of aliphatic hydroxyl groups is 1. The van der Waals surface area contributed by atoms with Gasteiger partial charge in [0.1, 0.15) is 0 Å². The number of nitrogens with one attached hydrogen (secondary N) is 1. The summed E-state index contributed by atoms with van der Waals surface area (Å²) in [6, 6.07) is 0. The molecule has 0 aromatic heterocycles. The Kier molecular flexibility index (Phi) is 2.37. The highest BCUT2D eigenvalue weighted by molar-refractivity contribution is 4.86. The van der Waals surface area contributed by atoms with Crippen molar-refractivity contribution in [2.75, 3.05) is 13.1 Å². The molecule has 0 amide bonds. The zero-order valence-corrected chi connectivity index (χ0v) is 7.79. The van der Waals surface area contributed by atoms with E-state index in [2.05, 4.69) is 12.2 Å². The van der Waals surface area contributed by atoms with Gasteiger partial charge in [0.2, 0.25) is 0 Å². The predicted molar refractivity (Wildman–Crippen MR) is 48.9 cm³/mol. The van der Waals surface area contributed by atoms with Crippen LogP contribution in [0.25, 0.3) is 0 Å². The standard InChI is InChI=1S/C10H19NO/c1-7-5-11-6-9(7)10(12)4-8-2-3-8/h7-12H,2-6H2,1H3. The van der Waals surface area contributed by atoms with Crippen LogP contribution in [0.2, 0.25) is 0 Å². The van der Waals surface area contributed by atoms with Gasteiger partial charge in [0.25, 0.3) is 0 Å². The van der Waals surface area contributed by atoms with E-state index < -0.39 is 0 Å². The van der Waals surface area contributed by atoms with Gasteiger partial charge in [0.15, 0.2) is 0 Å². The van der Waals surface area contributed by atoms with Crippen LogP contribution in [0.15, 0.2) is 0 Å². The first-order valence-electron chi connectivity index (χ1n) is 5.16. The van der Waals surface area contributed by atoms with Gasteiger partial charge in [-0.05, 0) is 24.8 Å². The highest BCUT2D eigenvalue weighted by atomic mass is 16.3. The van der Waals surface area contributed by atoms with Gasteiger partial charge < -0.3 is 10.4 Å². The topological polar surface area (TPSA) is 32.3 Å². The SMILES string of the molecule is CC1CNCC1C(O)CC1CC1. The van der Waals surface area contributed by atoms with Crippen molar-refractivity contribution in [3.63, 3.8) is 0 Å². The molecule has 12 heavy (non-hydrogen) atoms. The third-order valence-electron chi connectivity index (χ3n) is 3.34. The van der Waals surface area contributed by atoms with Crippen LogP contribution in [0.4, 0.5) is 0 Å². The van der Waals surface area contributed by atoms with E-state index in [1.165, 1.54) is 12.8 Å². The van der Waals surface area contributed by atoms with E-state index in [0.717, 1.165) is 25.4 Å². The predicted octanol–water partition coefficient (Wildman–Crippen LogP) is 1.00. The minimum Gasteiger partial charge on any atom is -0.393 e. The van der Waals surface area contributed by atoms with E-state index >= 15 is 0 Å². The first-order chi connectivity index (χ1) is 5.77. The van der Waals surface area contributed by atoms with Gasteiger partial charge in [-0.3, -0.25) is 0 Å². The Balaban J connectivity index is 1.80. The van der Waals surface area contributed by atoms with E-state index in [-0.39, 0.29) is 6.10 Å². The maximum atomic E-state index is 9.89. The third-order valence-corrected chi connectivity index (χ3v) is 3.34. The molecule has 1 aliphatic heterocycles. The molecule has 0 bridgehead atoms.